The Kier molecular flexibility index (Phi) is 3.45. The minimum absolute atomic E-state index is 0.0644. The van der Waals surface area contributed by atoms with Gasteiger partial charge in [0.1, 0.15) is 0 Å². The zero-order valence-electron chi connectivity index (χ0n) is 12.2. The number of carbonyl (C=O) groups excluding carboxylic acids is 1. The van der Waals surface area contributed by atoms with Gasteiger partial charge in [-0.1, -0.05) is 18.2 Å². The van der Waals surface area contributed by atoms with Gasteiger partial charge < -0.3 is 10.0 Å². The van der Waals surface area contributed by atoms with Crippen LogP contribution >= 0.6 is 0 Å². The van der Waals surface area contributed by atoms with Crippen molar-refractivity contribution in [3.05, 3.63) is 29.8 Å². The number of aliphatic carboxylic acids is 1. The van der Waals surface area contributed by atoms with Gasteiger partial charge in [0.2, 0.25) is 5.91 Å². The number of carbonyl (C=O) groups is 2. The summed E-state index contributed by atoms with van der Waals surface area (Å²) in [5.74, 6) is -0.710. The van der Waals surface area contributed by atoms with E-state index in [2.05, 4.69) is 6.07 Å². The molecule has 1 unspecified atom stereocenters. The molecular formula is C16H20N2O3. The van der Waals surface area contributed by atoms with E-state index in [4.69, 9.17) is 0 Å². The summed E-state index contributed by atoms with van der Waals surface area (Å²) in [6.45, 7) is 3.90. The minimum Gasteiger partial charge on any atom is -0.481 e. The van der Waals surface area contributed by atoms with Crippen molar-refractivity contribution in [3.63, 3.8) is 0 Å². The largest absolute Gasteiger partial charge is 0.481 e. The van der Waals surface area contributed by atoms with Gasteiger partial charge in [-0.15, -0.1) is 0 Å². The van der Waals surface area contributed by atoms with Gasteiger partial charge in [0.25, 0.3) is 0 Å². The van der Waals surface area contributed by atoms with Crippen LogP contribution < -0.4 is 4.90 Å². The average molecular weight is 288 g/mol. The van der Waals surface area contributed by atoms with Gasteiger partial charge in [0.15, 0.2) is 0 Å². The molecule has 0 aromatic heterocycles. The summed E-state index contributed by atoms with van der Waals surface area (Å²) in [4.78, 5) is 27.5. The van der Waals surface area contributed by atoms with Crippen LogP contribution in [0.1, 0.15) is 18.9 Å². The topological polar surface area (TPSA) is 60.9 Å². The van der Waals surface area contributed by atoms with Gasteiger partial charge in [0, 0.05) is 18.8 Å². The molecule has 0 spiro atoms. The highest BCUT2D eigenvalue weighted by Crippen LogP contribution is 2.31. The monoisotopic (exact) mass is 288 g/mol. The molecule has 1 amide bonds. The van der Waals surface area contributed by atoms with Crippen molar-refractivity contribution in [2.45, 2.75) is 19.8 Å². The van der Waals surface area contributed by atoms with E-state index in [1.54, 1.807) is 6.92 Å². The number of fused-ring (bicyclic) bond motifs is 1. The second-order valence-electron chi connectivity index (χ2n) is 6.25. The lowest BCUT2D eigenvalue weighted by Crippen LogP contribution is -2.40. The number of benzene rings is 1. The van der Waals surface area contributed by atoms with Crippen LogP contribution in [0.15, 0.2) is 24.3 Å². The van der Waals surface area contributed by atoms with E-state index in [-0.39, 0.29) is 5.91 Å². The highest BCUT2D eigenvalue weighted by molar-refractivity contribution is 5.96. The molecule has 2 aliphatic heterocycles. The fraction of sp³-hybridized carbons (Fsp3) is 0.500. The van der Waals surface area contributed by atoms with Crippen LogP contribution in [0, 0.1) is 5.41 Å². The van der Waals surface area contributed by atoms with Gasteiger partial charge in [-0.2, -0.15) is 0 Å². The number of rotatable bonds is 3. The number of carboxylic acids is 1. The predicted octanol–water partition coefficient (Wildman–Crippen LogP) is 1.37. The molecule has 2 aliphatic rings. The maximum atomic E-state index is 12.5. The first-order valence-electron chi connectivity index (χ1n) is 7.34. The number of nitrogens with zero attached hydrogens (tertiary/aromatic N) is 2. The second kappa shape index (κ2) is 5.15. The number of amides is 1. The first kappa shape index (κ1) is 14.1. The maximum Gasteiger partial charge on any atom is 0.310 e. The summed E-state index contributed by atoms with van der Waals surface area (Å²) in [5.41, 5.74) is 1.49. The number of likely N-dealkylation sites (tertiary alicyclic amines) is 1. The fourth-order valence-electron chi connectivity index (χ4n) is 3.24. The van der Waals surface area contributed by atoms with Gasteiger partial charge in [-0.3, -0.25) is 14.5 Å². The summed E-state index contributed by atoms with van der Waals surface area (Å²) in [6.07, 6.45) is 1.50. The molecule has 21 heavy (non-hydrogen) atoms. The van der Waals surface area contributed by atoms with E-state index in [0.29, 0.717) is 26.1 Å². The van der Waals surface area contributed by atoms with Crippen molar-refractivity contribution in [2.75, 3.05) is 31.1 Å². The Bertz CT molecular complexity index is 587. The third kappa shape index (κ3) is 2.53. The Morgan fingerprint density at radius 2 is 2.05 bits per heavy atom. The first-order valence-corrected chi connectivity index (χ1v) is 7.34. The molecule has 0 radical (unpaired) electrons. The SMILES string of the molecule is CC1(C(=O)O)CCN(CC(=O)N2CCc3ccccc32)C1. The van der Waals surface area contributed by atoms with Crippen molar-refractivity contribution >= 4 is 17.6 Å². The quantitative estimate of drug-likeness (QED) is 0.912. The molecule has 5 nitrogen and oxygen atoms in total. The zero-order valence-corrected chi connectivity index (χ0v) is 12.2. The zero-order chi connectivity index (χ0) is 15.0. The molecule has 5 heteroatoms. The van der Waals surface area contributed by atoms with Crippen molar-refractivity contribution in [3.8, 4) is 0 Å². The molecule has 0 bridgehead atoms. The highest BCUT2D eigenvalue weighted by Gasteiger charge is 2.41. The Balaban J connectivity index is 1.65. The van der Waals surface area contributed by atoms with Crippen molar-refractivity contribution in [1.29, 1.82) is 0 Å². The molecule has 0 saturated carbocycles. The lowest BCUT2D eigenvalue weighted by atomic mass is 9.90. The van der Waals surface area contributed by atoms with E-state index in [0.717, 1.165) is 18.7 Å². The normalized spacial score (nSPS) is 25.1. The average Bonchev–Trinajstić information content (AvgIpc) is 3.03. The molecule has 1 aromatic rings. The van der Waals surface area contributed by atoms with Crippen LogP contribution in [-0.2, 0) is 16.0 Å². The molecule has 3 rings (SSSR count). The van der Waals surface area contributed by atoms with E-state index < -0.39 is 11.4 Å². The van der Waals surface area contributed by atoms with E-state index in [1.165, 1.54) is 5.56 Å². The Morgan fingerprint density at radius 1 is 1.29 bits per heavy atom. The molecule has 1 fully saturated rings. The smallest absolute Gasteiger partial charge is 0.310 e. The van der Waals surface area contributed by atoms with Gasteiger partial charge in [0.05, 0.1) is 12.0 Å². The lowest BCUT2D eigenvalue weighted by Gasteiger charge is -2.23. The second-order valence-corrected chi connectivity index (χ2v) is 6.25. The number of hydrogen-bond donors (Lipinski definition) is 1. The predicted molar refractivity (Wildman–Crippen MR) is 79.3 cm³/mol. The molecule has 2 heterocycles. The molecule has 0 aliphatic carbocycles. The van der Waals surface area contributed by atoms with Crippen molar-refractivity contribution < 1.29 is 14.7 Å². The summed E-state index contributed by atoms with van der Waals surface area (Å²) < 4.78 is 0. The third-order valence-corrected chi connectivity index (χ3v) is 4.62. The van der Waals surface area contributed by atoms with Crippen LogP contribution in [0.2, 0.25) is 0 Å². The van der Waals surface area contributed by atoms with Crippen LogP contribution in [-0.4, -0.2) is 48.1 Å². The van der Waals surface area contributed by atoms with Crippen molar-refractivity contribution in [1.82, 2.24) is 4.90 Å². The maximum absolute atomic E-state index is 12.5. The van der Waals surface area contributed by atoms with Crippen LogP contribution in [0.25, 0.3) is 0 Å². The van der Waals surface area contributed by atoms with E-state index in [9.17, 15) is 14.7 Å². The summed E-state index contributed by atoms with van der Waals surface area (Å²) >= 11 is 0. The summed E-state index contributed by atoms with van der Waals surface area (Å²) in [6, 6.07) is 7.97. The number of carboxylic acid groups (broad SMARTS) is 1. The van der Waals surface area contributed by atoms with Gasteiger partial charge in [-0.05, 0) is 37.9 Å². The molecule has 112 valence electrons. The number of hydrogen-bond acceptors (Lipinski definition) is 3. The van der Waals surface area contributed by atoms with E-state index in [1.807, 2.05) is 28.0 Å². The molecular weight excluding hydrogens is 268 g/mol. The molecule has 1 aromatic carbocycles. The summed E-state index contributed by atoms with van der Waals surface area (Å²) in [7, 11) is 0. The van der Waals surface area contributed by atoms with E-state index >= 15 is 0 Å². The highest BCUT2D eigenvalue weighted by atomic mass is 16.4. The Morgan fingerprint density at radius 3 is 2.76 bits per heavy atom. The molecule has 1 saturated heterocycles. The number of para-hydroxylation sites is 1. The Hall–Kier alpha value is -1.88. The van der Waals surface area contributed by atoms with Crippen molar-refractivity contribution in [2.24, 2.45) is 5.41 Å². The number of anilines is 1. The standard InChI is InChI=1S/C16H20N2O3/c1-16(15(20)21)7-9-17(11-16)10-14(19)18-8-6-12-4-2-3-5-13(12)18/h2-5H,6-11H2,1H3,(H,20,21). The van der Waals surface area contributed by atoms with Crippen LogP contribution in [0.5, 0.6) is 0 Å². The van der Waals surface area contributed by atoms with Gasteiger partial charge in [-0.25, -0.2) is 0 Å². The van der Waals surface area contributed by atoms with Crippen LogP contribution in [0.4, 0.5) is 5.69 Å². The lowest BCUT2D eigenvalue weighted by molar-refractivity contribution is -0.147. The molecule has 1 atom stereocenters. The summed E-state index contributed by atoms with van der Waals surface area (Å²) in [5, 5.41) is 9.24. The fourth-order valence-corrected chi connectivity index (χ4v) is 3.24. The third-order valence-electron chi connectivity index (χ3n) is 4.62. The minimum atomic E-state index is -0.774. The Labute approximate surface area is 124 Å². The van der Waals surface area contributed by atoms with Gasteiger partial charge >= 0.3 is 5.97 Å². The van der Waals surface area contributed by atoms with Crippen LogP contribution in [0.3, 0.4) is 0 Å². The first-order chi connectivity index (χ1) is 9.99. The molecule has 1 N–H and O–H groups in total.